The van der Waals surface area contributed by atoms with E-state index in [9.17, 15) is 0 Å². The van der Waals surface area contributed by atoms with Crippen LogP contribution in [0.5, 0.6) is 0 Å². The Bertz CT molecular complexity index is 179. The van der Waals surface area contributed by atoms with Gasteiger partial charge in [0.2, 0.25) is 0 Å². The van der Waals surface area contributed by atoms with Crippen molar-refractivity contribution < 1.29 is 5.11 Å². The lowest BCUT2D eigenvalue weighted by Gasteiger charge is -2.38. The number of aliphatic hydroxyl groups excluding tert-OH is 1. The summed E-state index contributed by atoms with van der Waals surface area (Å²) < 4.78 is 0. The minimum Gasteiger partial charge on any atom is -0.396 e. The predicted octanol–water partition coefficient (Wildman–Crippen LogP) is 2.75. The maximum absolute atomic E-state index is 8.94. The van der Waals surface area contributed by atoms with Gasteiger partial charge >= 0.3 is 0 Å². The molecule has 1 aliphatic carbocycles. The zero-order chi connectivity index (χ0) is 9.19. The number of aliphatic hydroxyl groups is 1. The van der Waals surface area contributed by atoms with Crippen LogP contribution in [0.15, 0.2) is 11.6 Å². The third-order valence-corrected chi connectivity index (χ3v) is 3.17. The number of allylic oxidation sites excluding steroid dienone is 2. The van der Waals surface area contributed by atoms with Gasteiger partial charge in [-0.3, -0.25) is 0 Å². The van der Waals surface area contributed by atoms with Crippen LogP contribution < -0.4 is 0 Å². The van der Waals surface area contributed by atoms with E-state index in [1.165, 1.54) is 18.4 Å². The lowest BCUT2D eigenvalue weighted by molar-refractivity contribution is 0.165. The van der Waals surface area contributed by atoms with Gasteiger partial charge in [0.15, 0.2) is 0 Å². The van der Waals surface area contributed by atoms with Crippen molar-refractivity contribution in [2.45, 2.75) is 40.0 Å². The van der Waals surface area contributed by atoms with E-state index >= 15 is 0 Å². The molecular formula is C11H20O. The zero-order valence-corrected chi connectivity index (χ0v) is 8.43. The first-order valence-corrected chi connectivity index (χ1v) is 4.85. The molecule has 1 heteroatoms. The Morgan fingerprint density at radius 1 is 1.58 bits per heavy atom. The molecule has 0 heterocycles. The zero-order valence-electron chi connectivity index (χ0n) is 8.43. The number of rotatable bonds is 2. The molecule has 0 aromatic rings. The maximum Gasteiger partial charge on any atom is 0.0436 e. The maximum atomic E-state index is 8.94. The van der Waals surface area contributed by atoms with E-state index in [1.54, 1.807) is 0 Å². The summed E-state index contributed by atoms with van der Waals surface area (Å²) >= 11 is 0. The lowest BCUT2D eigenvalue weighted by atomic mass is 9.67. The molecule has 0 saturated carbocycles. The third kappa shape index (κ3) is 1.89. The highest BCUT2D eigenvalue weighted by Gasteiger charge is 2.31. The molecule has 0 saturated heterocycles. The van der Waals surface area contributed by atoms with E-state index in [-0.39, 0.29) is 0 Å². The van der Waals surface area contributed by atoms with Crippen LogP contribution in [-0.4, -0.2) is 11.7 Å². The summed E-state index contributed by atoms with van der Waals surface area (Å²) in [6, 6.07) is 0. The van der Waals surface area contributed by atoms with E-state index in [0.29, 0.717) is 17.9 Å². The molecule has 0 radical (unpaired) electrons. The Balaban J connectivity index is 2.74. The van der Waals surface area contributed by atoms with Gasteiger partial charge in [0.05, 0.1) is 0 Å². The molecule has 0 unspecified atom stereocenters. The molecular weight excluding hydrogens is 148 g/mol. The van der Waals surface area contributed by atoms with Gasteiger partial charge in [0.1, 0.15) is 0 Å². The fraction of sp³-hybridized carbons (Fsp3) is 0.818. The molecule has 0 spiro atoms. The second kappa shape index (κ2) is 3.61. The van der Waals surface area contributed by atoms with Crippen LogP contribution in [0.25, 0.3) is 0 Å². The molecule has 70 valence electrons. The summed E-state index contributed by atoms with van der Waals surface area (Å²) in [5.41, 5.74) is 1.86. The molecule has 1 aliphatic rings. The Hall–Kier alpha value is -0.300. The van der Waals surface area contributed by atoms with Crippen molar-refractivity contribution in [3.63, 3.8) is 0 Å². The largest absolute Gasteiger partial charge is 0.396 e. The Labute approximate surface area is 75.5 Å². The highest BCUT2D eigenvalue weighted by molar-refractivity contribution is 5.11. The molecule has 0 aromatic carbocycles. The molecule has 0 aliphatic heterocycles. The van der Waals surface area contributed by atoms with Crippen LogP contribution >= 0.6 is 0 Å². The van der Waals surface area contributed by atoms with Crippen LogP contribution in [0.2, 0.25) is 0 Å². The summed E-state index contributed by atoms with van der Waals surface area (Å²) in [5.74, 6) is 0.594. The fourth-order valence-electron chi connectivity index (χ4n) is 2.35. The molecule has 0 amide bonds. The molecule has 12 heavy (non-hydrogen) atoms. The van der Waals surface area contributed by atoms with E-state index in [4.69, 9.17) is 5.11 Å². The van der Waals surface area contributed by atoms with Crippen LogP contribution in [0.1, 0.15) is 40.0 Å². The highest BCUT2D eigenvalue weighted by atomic mass is 16.3. The summed E-state index contributed by atoms with van der Waals surface area (Å²) in [4.78, 5) is 0. The van der Waals surface area contributed by atoms with Crippen LogP contribution in [0.3, 0.4) is 0 Å². The van der Waals surface area contributed by atoms with Crippen molar-refractivity contribution in [3.8, 4) is 0 Å². The Kier molecular flexibility index (Phi) is 2.94. The molecule has 1 nitrogen and oxygen atoms in total. The second-order valence-electron chi connectivity index (χ2n) is 4.54. The number of hydrogen-bond acceptors (Lipinski definition) is 1. The van der Waals surface area contributed by atoms with Crippen molar-refractivity contribution in [3.05, 3.63) is 11.6 Å². The summed E-state index contributed by atoms with van der Waals surface area (Å²) in [6.45, 7) is 7.13. The third-order valence-electron chi connectivity index (χ3n) is 3.17. The predicted molar refractivity (Wildman–Crippen MR) is 52.0 cm³/mol. The summed E-state index contributed by atoms with van der Waals surface area (Å²) in [7, 11) is 0. The molecule has 0 fully saturated rings. The average molecular weight is 168 g/mol. The molecule has 1 rings (SSSR count). The molecule has 1 N–H and O–H groups in total. The SMILES string of the molecule is CC1=CCCC(C)(C)[C@H]1CCO. The Morgan fingerprint density at radius 3 is 2.75 bits per heavy atom. The number of hydrogen-bond donors (Lipinski definition) is 1. The van der Waals surface area contributed by atoms with Crippen molar-refractivity contribution >= 4 is 0 Å². The normalized spacial score (nSPS) is 28.3. The van der Waals surface area contributed by atoms with Gasteiger partial charge in [0.25, 0.3) is 0 Å². The molecule has 0 aromatic heterocycles. The van der Waals surface area contributed by atoms with Crippen LogP contribution in [0, 0.1) is 11.3 Å². The highest BCUT2D eigenvalue weighted by Crippen LogP contribution is 2.42. The summed E-state index contributed by atoms with van der Waals surface area (Å²) in [5, 5.41) is 8.94. The lowest BCUT2D eigenvalue weighted by Crippen LogP contribution is -2.28. The Morgan fingerprint density at radius 2 is 2.25 bits per heavy atom. The van der Waals surface area contributed by atoms with Gasteiger partial charge in [-0.05, 0) is 37.5 Å². The van der Waals surface area contributed by atoms with E-state index < -0.39 is 0 Å². The smallest absolute Gasteiger partial charge is 0.0436 e. The van der Waals surface area contributed by atoms with E-state index in [0.717, 1.165) is 6.42 Å². The van der Waals surface area contributed by atoms with Gasteiger partial charge in [-0.2, -0.15) is 0 Å². The molecule has 1 atom stereocenters. The van der Waals surface area contributed by atoms with Crippen LogP contribution in [-0.2, 0) is 0 Å². The van der Waals surface area contributed by atoms with Crippen molar-refractivity contribution in [2.24, 2.45) is 11.3 Å². The minimum absolute atomic E-state index is 0.319. The average Bonchev–Trinajstić information content (AvgIpc) is 1.97. The van der Waals surface area contributed by atoms with Crippen molar-refractivity contribution in [2.75, 3.05) is 6.61 Å². The topological polar surface area (TPSA) is 20.2 Å². The van der Waals surface area contributed by atoms with Crippen molar-refractivity contribution in [1.29, 1.82) is 0 Å². The van der Waals surface area contributed by atoms with Gasteiger partial charge in [-0.1, -0.05) is 25.5 Å². The second-order valence-corrected chi connectivity index (χ2v) is 4.54. The molecule has 0 bridgehead atoms. The van der Waals surface area contributed by atoms with Gasteiger partial charge in [0, 0.05) is 6.61 Å². The first-order chi connectivity index (χ1) is 5.58. The van der Waals surface area contributed by atoms with Crippen molar-refractivity contribution in [1.82, 2.24) is 0 Å². The first kappa shape index (κ1) is 9.79. The van der Waals surface area contributed by atoms with E-state index in [1.807, 2.05) is 0 Å². The standard InChI is InChI=1S/C11H20O/c1-9-5-4-7-11(2,3)10(9)6-8-12/h5,10,12H,4,6-8H2,1-3H3/t10-/m0/s1. The van der Waals surface area contributed by atoms with Crippen LogP contribution in [0.4, 0.5) is 0 Å². The minimum atomic E-state index is 0.319. The van der Waals surface area contributed by atoms with Gasteiger partial charge in [-0.25, -0.2) is 0 Å². The van der Waals surface area contributed by atoms with Gasteiger partial charge < -0.3 is 5.11 Å². The quantitative estimate of drug-likeness (QED) is 0.629. The van der Waals surface area contributed by atoms with E-state index in [2.05, 4.69) is 26.8 Å². The van der Waals surface area contributed by atoms with Gasteiger partial charge in [-0.15, -0.1) is 0 Å². The summed E-state index contributed by atoms with van der Waals surface area (Å²) in [6.07, 6.45) is 5.72. The first-order valence-electron chi connectivity index (χ1n) is 4.85. The fourth-order valence-corrected chi connectivity index (χ4v) is 2.35. The monoisotopic (exact) mass is 168 g/mol.